The molecule has 5 heteroatoms. The average molecular weight is 564 g/mol. The molecule has 0 bridgehead atoms. The van der Waals surface area contributed by atoms with E-state index in [-0.39, 0.29) is 11.3 Å². The molecule has 0 N–H and O–H groups in total. The molecule has 0 nitrogen and oxygen atoms in total. The summed E-state index contributed by atoms with van der Waals surface area (Å²) in [4.78, 5) is 0. The molecule has 0 fully saturated rings. The standard InChI is InChI=1S/C18H13FSe4/c19-23(21,22-20)18-6-5-14-9-15-7-12-3-1-2-4-13(12)8-16(15)10-17(14)11-18/h1-11,20-21H. The van der Waals surface area contributed by atoms with Crippen molar-refractivity contribution in [2.75, 3.05) is 0 Å². The molecule has 0 heterocycles. The third-order valence-corrected chi connectivity index (χ3v) is 43.6. The maximum absolute atomic E-state index is 14.7. The van der Waals surface area contributed by atoms with Gasteiger partial charge in [0.25, 0.3) is 0 Å². The van der Waals surface area contributed by atoms with Gasteiger partial charge in [-0.1, -0.05) is 0 Å². The van der Waals surface area contributed by atoms with Gasteiger partial charge in [-0.25, -0.2) is 0 Å². The van der Waals surface area contributed by atoms with Gasteiger partial charge >= 0.3 is 156 Å². The van der Waals surface area contributed by atoms with E-state index < -0.39 is 9.65 Å². The number of halogens is 1. The summed E-state index contributed by atoms with van der Waals surface area (Å²) in [5.74, 6) is 0. The predicted molar refractivity (Wildman–Crippen MR) is 106 cm³/mol. The van der Waals surface area contributed by atoms with E-state index in [9.17, 15) is 3.55 Å². The molecule has 1 unspecified atom stereocenters. The molecule has 1 atom stereocenters. The van der Waals surface area contributed by atoms with Crippen LogP contribution in [0.5, 0.6) is 0 Å². The Bertz CT molecular complexity index is 1040. The summed E-state index contributed by atoms with van der Waals surface area (Å²) >= 11 is 4.79. The normalized spacial score (nSPS) is 15.8. The number of hydrogen-bond donors (Lipinski definition) is 0. The van der Waals surface area contributed by atoms with Gasteiger partial charge in [0.1, 0.15) is 0 Å². The molecule has 0 aliphatic carbocycles. The third-order valence-electron chi connectivity index (χ3n) is 4.02. The Morgan fingerprint density at radius 2 is 1.17 bits per heavy atom. The first-order chi connectivity index (χ1) is 11.1. The van der Waals surface area contributed by atoms with E-state index >= 15 is 0 Å². The summed E-state index contributed by atoms with van der Waals surface area (Å²) in [7, 11) is -3.00. The number of benzene rings is 4. The van der Waals surface area contributed by atoms with Gasteiger partial charge in [-0.05, 0) is 0 Å². The average Bonchev–Trinajstić information content (AvgIpc) is 2.57. The molecule has 0 spiro atoms. The molecule has 4 aromatic carbocycles. The zero-order valence-corrected chi connectivity index (χ0v) is 19.1. The second kappa shape index (κ2) is 6.19. The van der Waals surface area contributed by atoms with E-state index in [0.717, 1.165) is 9.85 Å². The number of fused-ring (bicyclic) bond motifs is 3. The molecule has 23 heavy (non-hydrogen) atoms. The van der Waals surface area contributed by atoms with Crippen molar-refractivity contribution in [3.63, 3.8) is 0 Å². The Kier molecular flexibility index (Phi) is 4.35. The van der Waals surface area contributed by atoms with Crippen LogP contribution in [0.3, 0.4) is 0 Å². The Morgan fingerprint density at radius 1 is 0.696 bits per heavy atom. The number of hydrogen-bond acceptors (Lipinski definition) is 0. The molecule has 116 valence electrons. The summed E-state index contributed by atoms with van der Waals surface area (Å²) < 4.78 is 15.6. The second-order valence-electron chi connectivity index (χ2n) is 5.44. The fourth-order valence-electron chi connectivity index (χ4n) is 2.87. The Morgan fingerprint density at radius 3 is 1.74 bits per heavy atom. The van der Waals surface area contributed by atoms with Crippen molar-refractivity contribution in [1.82, 2.24) is 0 Å². The van der Waals surface area contributed by atoms with E-state index in [1.807, 2.05) is 6.07 Å². The summed E-state index contributed by atoms with van der Waals surface area (Å²) in [6, 6.07) is 23.4. The van der Waals surface area contributed by atoms with Crippen LogP contribution in [0.25, 0.3) is 32.3 Å². The van der Waals surface area contributed by atoms with Crippen LogP contribution in [0.15, 0.2) is 66.7 Å². The molecule has 4 rings (SSSR count). The Balaban J connectivity index is 1.99. The van der Waals surface area contributed by atoms with Crippen LogP contribution in [-0.4, -0.2) is 49.3 Å². The van der Waals surface area contributed by atoms with Gasteiger partial charge in [0.2, 0.25) is 0 Å². The quantitative estimate of drug-likeness (QED) is 0.260. The van der Waals surface area contributed by atoms with Crippen LogP contribution < -0.4 is 4.46 Å². The van der Waals surface area contributed by atoms with E-state index in [0.29, 0.717) is 0 Å². The van der Waals surface area contributed by atoms with Gasteiger partial charge in [0.15, 0.2) is 0 Å². The van der Waals surface area contributed by atoms with Crippen LogP contribution in [0.4, 0.5) is 3.55 Å². The maximum atomic E-state index is 14.7. The molecule has 0 aliphatic rings. The zero-order valence-electron chi connectivity index (χ0n) is 11.9. The molecule has 0 aromatic heterocycles. The van der Waals surface area contributed by atoms with Crippen molar-refractivity contribution >= 4 is 86.1 Å². The molecule has 0 radical (unpaired) electrons. The second-order valence-corrected chi connectivity index (χ2v) is 35.5. The van der Waals surface area contributed by atoms with Crippen molar-refractivity contribution in [2.24, 2.45) is 0 Å². The minimum atomic E-state index is -3.00. The van der Waals surface area contributed by atoms with Gasteiger partial charge in [0, 0.05) is 0 Å². The van der Waals surface area contributed by atoms with Crippen molar-refractivity contribution < 1.29 is 3.55 Å². The molecule has 0 saturated carbocycles. The van der Waals surface area contributed by atoms with Crippen LogP contribution >= 0.6 is 0 Å². The molecule has 4 aromatic rings. The third kappa shape index (κ3) is 3.02. The fraction of sp³-hybridized carbons (Fsp3) is 0. The fourth-order valence-corrected chi connectivity index (χ4v) is 12.3. The van der Waals surface area contributed by atoms with Crippen LogP contribution in [0.2, 0.25) is 0 Å². The number of rotatable bonds is 2. The van der Waals surface area contributed by atoms with Crippen molar-refractivity contribution in [3.8, 4) is 0 Å². The summed E-state index contributed by atoms with van der Waals surface area (Å²) in [5.41, 5.74) is 0. The predicted octanol–water partition coefficient (Wildman–Crippen LogP) is 2.68. The molecule has 0 aliphatic heterocycles. The van der Waals surface area contributed by atoms with Gasteiger partial charge in [-0.2, -0.15) is 0 Å². The SMILES string of the molecule is F[Se]([SeH])([Se][SeH])c1ccc2cc3cc4ccccc4cc3cc2c1. The first kappa shape index (κ1) is 16.2. The van der Waals surface area contributed by atoms with Crippen molar-refractivity contribution in [1.29, 1.82) is 0 Å². The Hall–Kier alpha value is -0.332. The van der Waals surface area contributed by atoms with Crippen LogP contribution in [0.1, 0.15) is 0 Å². The topological polar surface area (TPSA) is 0 Å². The van der Waals surface area contributed by atoms with Gasteiger partial charge in [0.05, 0.1) is 0 Å². The van der Waals surface area contributed by atoms with Gasteiger partial charge < -0.3 is 0 Å². The van der Waals surface area contributed by atoms with E-state index in [4.69, 9.17) is 0 Å². The Labute approximate surface area is 155 Å². The summed E-state index contributed by atoms with van der Waals surface area (Å²) in [5, 5.41) is 7.25. The first-order valence-corrected chi connectivity index (χ1v) is 22.3. The monoisotopic (exact) mass is 568 g/mol. The minimum absolute atomic E-state index is 0.00970. The van der Waals surface area contributed by atoms with Gasteiger partial charge in [-0.3, -0.25) is 0 Å². The van der Waals surface area contributed by atoms with Crippen molar-refractivity contribution in [2.45, 2.75) is 0 Å². The molecular weight excluding hydrogens is 551 g/mol. The van der Waals surface area contributed by atoms with E-state index in [1.165, 1.54) is 26.9 Å². The zero-order chi connectivity index (χ0) is 16.0. The summed E-state index contributed by atoms with van der Waals surface area (Å²) in [6.45, 7) is 0. The molecule has 0 saturated heterocycles. The van der Waals surface area contributed by atoms with Crippen LogP contribution in [0, 0.1) is 0 Å². The van der Waals surface area contributed by atoms with Crippen LogP contribution in [-0.2, 0) is 0 Å². The van der Waals surface area contributed by atoms with Crippen molar-refractivity contribution in [3.05, 3.63) is 66.7 Å². The van der Waals surface area contributed by atoms with E-state index in [1.54, 1.807) is 0 Å². The summed E-state index contributed by atoms with van der Waals surface area (Å²) in [6.07, 6.45) is 0. The van der Waals surface area contributed by atoms with Gasteiger partial charge in [-0.15, -0.1) is 0 Å². The molecule has 0 amide bonds. The van der Waals surface area contributed by atoms with E-state index in [2.05, 4.69) is 89.0 Å². The molecular formula is C18H13FSe4. The first-order valence-electron chi connectivity index (χ1n) is 7.02.